The maximum atomic E-state index is 13.2. The quantitative estimate of drug-likeness (QED) is 0.440. The first-order valence-electron chi connectivity index (χ1n) is 11.5. The number of pyridine rings is 2. The minimum absolute atomic E-state index is 0.00240. The number of carbonyl (C=O) groups excluding carboxylic acids is 1. The molecule has 172 valence electrons. The SMILES string of the molecule is Cn1cc(-c2ccc(C(=O)N3CCCC(c4cccc(Cc5ccc(F)cc5)n4)C3)cn2)cn1. The number of halogens is 1. The van der Waals surface area contributed by atoms with Crippen LogP contribution >= 0.6 is 0 Å². The van der Waals surface area contributed by atoms with Gasteiger partial charge in [0, 0.05) is 61.8 Å². The Morgan fingerprint density at radius 2 is 1.94 bits per heavy atom. The third-order valence-corrected chi connectivity index (χ3v) is 6.26. The molecule has 1 aliphatic rings. The van der Waals surface area contributed by atoms with Crippen molar-refractivity contribution in [2.75, 3.05) is 13.1 Å². The lowest BCUT2D eigenvalue weighted by Crippen LogP contribution is -2.39. The summed E-state index contributed by atoms with van der Waals surface area (Å²) in [6, 6.07) is 16.3. The number of piperidine rings is 1. The van der Waals surface area contributed by atoms with Gasteiger partial charge in [-0.05, 0) is 54.8 Å². The van der Waals surface area contributed by atoms with E-state index in [1.807, 2.05) is 48.5 Å². The van der Waals surface area contributed by atoms with Crippen molar-refractivity contribution in [2.24, 2.45) is 7.05 Å². The lowest BCUT2D eigenvalue weighted by Gasteiger charge is -2.32. The van der Waals surface area contributed by atoms with Crippen LogP contribution in [-0.2, 0) is 13.5 Å². The van der Waals surface area contributed by atoms with E-state index in [1.165, 1.54) is 12.1 Å². The minimum atomic E-state index is -0.237. The Bertz CT molecular complexity index is 1280. The lowest BCUT2D eigenvalue weighted by atomic mass is 9.93. The van der Waals surface area contributed by atoms with Gasteiger partial charge in [0.15, 0.2) is 0 Å². The maximum Gasteiger partial charge on any atom is 0.255 e. The maximum absolute atomic E-state index is 13.2. The van der Waals surface area contributed by atoms with E-state index in [4.69, 9.17) is 4.98 Å². The Kier molecular flexibility index (Phi) is 6.16. The molecule has 0 radical (unpaired) electrons. The van der Waals surface area contributed by atoms with Gasteiger partial charge in [0.05, 0.1) is 17.5 Å². The van der Waals surface area contributed by atoms with E-state index in [1.54, 1.807) is 29.2 Å². The number of benzene rings is 1. The van der Waals surface area contributed by atoms with Crippen LogP contribution in [0.5, 0.6) is 0 Å². The number of aromatic nitrogens is 4. The van der Waals surface area contributed by atoms with Gasteiger partial charge in [-0.25, -0.2) is 4.39 Å². The van der Waals surface area contributed by atoms with Crippen molar-refractivity contribution in [2.45, 2.75) is 25.2 Å². The van der Waals surface area contributed by atoms with Gasteiger partial charge in [0.1, 0.15) is 5.82 Å². The summed E-state index contributed by atoms with van der Waals surface area (Å²) in [7, 11) is 1.86. The van der Waals surface area contributed by atoms with Gasteiger partial charge in [0.2, 0.25) is 0 Å². The molecule has 4 heterocycles. The average molecular weight is 456 g/mol. The first-order chi connectivity index (χ1) is 16.5. The highest BCUT2D eigenvalue weighted by Gasteiger charge is 2.26. The number of carbonyl (C=O) groups is 1. The summed E-state index contributed by atoms with van der Waals surface area (Å²) in [6.45, 7) is 1.37. The Labute approximate surface area is 198 Å². The molecule has 0 bridgehead atoms. The normalized spacial score (nSPS) is 15.9. The zero-order valence-corrected chi connectivity index (χ0v) is 19.1. The molecule has 1 atom stereocenters. The molecular weight excluding hydrogens is 429 g/mol. The van der Waals surface area contributed by atoms with Crippen LogP contribution in [0, 0.1) is 5.82 Å². The third kappa shape index (κ3) is 4.88. The predicted molar refractivity (Wildman–Crippen MR) is 128 cm³/mol. The molecular formula is C27H26FN5O. The van der Waals surface area contributed by atoms with Gasteiger partial charge in [0.25, 0.3) is 5.91 Å². The number of nitrogens with zero attached hydrogens (tertiary/aromatic N) is 5. The summed E-state index contributed by atoms with van der Waals surface area (Å²) >= 11 is 0. The molecule has 3 aromatic heterocycles. The molecule has 1 saturated heterocycles. The van der Waals surface area contributed by atoms with Crippen LogP contribution in [0.15, 0.2) is 73.2 Å². The van der Waals surface area contributed by atoms with Crippen molar-refractivity contribution >= 4 is 5.91 Å². The van der Waals surface area contributed by atoms with Crippen molar-refractivity contribution in [3.63, 3.8) is 0 Å². The van der Waals surface area contributed by atoms with Crippen LogP contribution in [0.25, 0.3) is 11.3 Å². The highest BCUT2D eigenvalue weighted by atomic mass is 19.1. The Hall–Kier alpha value is -3.87. The first-order valence-corrected chi connectivity index (χ1v) is 11.5. The van der Waals surface area contributed by atoms with Gasteiger partial charge in [-0.15, -0.1) is 0 Å². The molecule has 1 unspecified atom stereocenters. The van der Waals surface area contributed by atoms with Gasteiger partial charge >= 0.3 is 0 Å². The van der Waals surface area contributed by atoms with Gasteiger partial charge in [-0.3, -0.25) is 19.4 Å². The highest BCUT2D eigenvalue weighted by molar-refractivity contribution is 5.94. The topological polar surface area (TPSA) is 63.9 Å². The summed E-state index contributed by atoms with van der Waals surface area (Å²) in [4.78, 5) is 24.4. The van der Waals surface area contributed by atoms with Crippen LogP contribution < -0.4 is 0 Å². The van der Waals surface area contributed by atoms with Crippen molar-refractivity contribution < 1.29 is 9.18 Å². The van der Waals surface area contributed by atoms with Crippen molar-refractivity contribution in [3.8, 4) is 11.3 Å². The molecule has 1 aliphatic heterocycles. The molecule has 1 fully saturated rings. The number of rotatable bonds is 5. The number of likely N-dealkylation sites (tertiary alicyclic amines) is 1. The smallest absolute Gasteiger partial charge is 0.255 e. The number of hydrogen-bond donors (Lipinski definition) is 0. The van der Waals surface area contributed by atoms with E-state index in [0.717, 1.165) is 47.6 Å². The molecule has 5 rings (SSSR count). The molecule has 7 heteroatoms. The molecule has 0 aliphatic carbocycles. The Morgan fingerprint density at radius 3 is 2.68 bits per heavy atom. The molecule has 0 N–H and O–H groups in total. The monoisotopic (exact) mass is 455 g/mol. The van der Waals surface area contributed by atoms with E-state index in [2.05, 4.69) is 10.1 Å². The molecule has 1 amide bonds. The van der Waals surface area contributed by atoms with Gasteiger partial charge in [-0.1, -0.05) is 18.2 Å². The van der Waals surface area contributed by atoms with Crippen molar-refractivity contribution in [1.29, 1.82) is 0 Å². The Balaban J connectivity index is 1.27. The van der Waals surface area contributed by atoms with E-state index >= 15 is 0 Å². The van der Waals surface area contributed by atoms with Crippen LogP contribution in [-0.4, -0.2) is 43.6 Å². The molecule has 1 aromatic carbocycles. The third-order valence-electron chi connectivity index (χ3n) is 6.26. The summed E-state index contributed by atoms with van der Waals surface area (Å²) in [5.41, 5.74) is 5.28. The van der Waals surface area contributed by atoms with E-state index in [-0.39, 0.29) is 17.6 Å². The Morgan fingerprint density at radius 1 is 1.09 bits per heavy atom. The second kappa shape index (κ2) is 9.55. The summed E-state index contributed by atoms with van der Waals surface area (Å²) < 4.78 is 14.9. The molecule has 6 nitrogen and oxygen atoms in total. The zero-order chi connectivity index (χ0) is 23.5. The summed E-state index contributed by atoms with van der Waals surface area (Å²) in [6.07, 6.45) is 7.89. The largest absolute Gasteiger partial charge is 0.338 e. The molecule has 0 spiro atoms. The van der Waals surface area contributed by atoms with Crippen LogP contribution in [0.4, 0.5) is 4.39 Å². The van der Waals surface area contributed by atoms with E-state index in [9.17, 15) is 9.18 Å². The average Bonchev–Trinajstić information content (AvgIpc) is 3.31. The van der Waals surface area contributed by atoms with Crippen LogP contribution in [0.1, 0.15) is 46.1 Å². The lowest BCUT2D eigenvalue weighted by molar-refractivity contribution is 0.0705. The van der Waals surface area contributed by atoms with Crippen LogP contribution in [0.2, 0.25) is 0 Å². The zero-order valence-electron chi connectivity index (χ0n) is 19.1. The number of amides is 1. The van der Waals surface area contributed by atoms with Gasteiger partial charge < -0.3 is 4.90 Å². The first kappa shape index (κ1) is 21.9. The molecule has 34 heavy (non-hydrogen) atoms. The van der Waals surface area contributed by atoms with E-state index < -0.39 is 0 Å². The molecule has 4 aromatic rings. The standard InChI is InChI=1S/C27H26FN5O/c1-32-17-22(16-30-32)25-12-9-20(15-29-25)27(34)33-13-3-4-21(18-33)26-6-2-5-24(31-26)14-19-7-10-23(28)11-8-19/h2,5-12,15-17,21H,3-4,13-14,18H2,1H3. The minimum Gasteiger partial charge on any atom is -0.338 e. The fraction of sp³-hybridized carbons (Fsp3) is 0.259. The fourth-order valence-corrected chi connectivity index (χ4v) is 4.47. The van der Waals surface area contributed by atoms with Gasteiger partial charge in [-0.2, -0.15) is 5.10 Å². The summed E-state index contributed by atoms with van der Waals surface area (Å²) in [5.74, 6) is -0.0507. The van der Waals surface area contributed by atoms with Crippen molar-refractivity contribution in [1.82, 2.24) is 24.6 Å². The highest BCUT2D eigenvalue weighted by Crippen LogP contribution is 2.27. The number of aryl methyl sites for hydroxylation is 1. The second-order valence-corrected chi connectivity index (χ2v) is 8.78. The molecule has 0 saturated carbocycles. The van der Waals surface area contributed by atoms with Crippen molar-refractivity contribution in [3.05, 3.63) is 102 Å². The van der Waals surface area contributed by atoms with E-state index in [0.29, 0.717) is 18.5 Å². The fourth-order valence-electron chi connectivity index (χ4n) is 4.47. The number of hydrogen-bond acceptors (Lipinski definition) is 4. The second-order valence-electron chi connectivity index (χ2n) is 8.78. The van der Waals surface area contributed by atoms with Crippen LogP contribution in [0.3, 0.4) is 0 Å². The summed E-state index contributed by atoms with van der Waals surface area (Å²) in [5, 5.41) is 4.17. The predicted octanol–water partition coefficient (Wildman–Crippen LogP) is 4.63.